The van der Waals surface area contributed by atoms with Crippen molar-refractivity contribution in [1.29, 1.82) is 0 Å². The van der Waals surface area contributed by atoms with Gasteiger partial charge in [0.2, 0.25) is 0 Å². The van der Waals surface area contributed by atoms with E-state index in [1.165, 1.54) is 0 Å². The molecule has 0 bridgehead atoms. The van der Waals surface area contributed by atoms with Crippen LogP contribution in [0.25, 0.3) is 10.9 Å². The molecule has 3 rings (SSSR count). The van der Waals surface area contributed by atoms with Crippen molar-refractivity contribution in [3.8, 4) is 11.5 Å². The molecule has 1 fully saturated rings. The molecular weight excluding hydrogens is 397 g/mol. The summed E-state index contributed by atoms with van der Waals surface area (Å²) in [5.41, 5.74) is 0.908. The van der Waals surface area contributed by atoms with Gasteiger partial charge < -0.3 is 0 Å². The molecule has 0 atom stereocenters. The van der Waals surface area contributed by atoms with Gasteiger partial charge in [-0.25, -0.2) is 0 Å². The van der Waals surface area contributed by atoms with E-state index < -0.39 is 0 Å². The number of ether oxygens (including phenoxy) is 3. The second-order valence-corrected chi connectivity index (χ2v) is 6.93. The van der Waals surface area contributed by atoms with Crippen LogP contribution >= 0.6 is 0 Å². The third kappa shape index (κ3) is 2.91. The first kappa shape index (κ1) is 15.5. The van der Waals surface area contributed by atoms with Crippen LogP contribution in [-0.4, -0.2) is 55.4 Å². The molecule has 1 aromatic carbocycles. The van der Waals surface area contributed by atoms with E-state index in [9.17, 15) is 0 Å². The fourth-order valence-corrected chi connectivity index (χ4v) is 3.93. The molecule has 0 radical (unpaired) electrons. The van der Waals surface area contributed by atoms with Gasteiger partial charge in [-0.1, -0.05) is 0 Å². The molecule has 1 aliphatic heterocycles. The van der Waals surface area contributed by atoms with Crippen molar-refractivity contribution in [2.45, 2.75) is 0 Å². The van der Waals surface area contributed by atoms with E-state index >= 15 is 0 Å². The van der Waals surface area contributed by atoms with Crippen molar-refractivity contribution in [3.05, 3.63) is 15.8 Å². The molecule has 0 saturated carbocycles. The van der Waals surface area contributed by atoms with Crippen molar-refractivity contribution < 1.29 is 35.4 Å². The van der Waals surface area contributed by atoms with Crippen LogP contribution in [0.15, 0.2) is 12.1 Å². The van der Waals surface area contributed by atoms with Crippen LogP contribution in [0.1, 0.15) is 0 Å². The molecule has 1 aromatic heterocycles. The Labute approximate surface area is 140 Å². The van der Waals surface area contributed by atoms with Gasteiger partial charge in [-0.3, -0.25) is 0 Å². The van der Waals surface area contributed by atoms with Crippen LogP contribution in [0.3, 0.4) is 0 Å². The molecule has 120 valence electrons. The molecule has 1 aliphatic rings. The molecule has 1 saturated heterocycles. The summed E-state index contributed by atoms with van der Waals surface area (Å²) < 4.78 is 17.3. The van der Waals surface area contributed by atoms with E-state index in [1.807, 2.05) is 12.1 Å². The summed E-state index contributed by atoms with van der Waals surface area (Å²) in [4.78, 5) is 13.9. The van der Waals surface area contributed by atoms with E-state index in [0.717, 1.165) is 52.6 Å². The van der Waals surface area contributed by atoms with Gasteiger partial charge in [0.05, 0.1) is 0 Å². The zero-order chi connectivity index (χ0) is 15.5. The van der Waals surface area contributed by atoms with Crippen molar-refractivity contribution in [3.63, 3.8) is 0 Å². The molecular formula is C15H19IN3O3-. The van der Waals surface area contributed by atoms with Crippen LogP contribution in [-0.2, 0) is 4.74 Å². The predicted octanol–water partition coefficient (Wildman–Crippen LogP) is -1.63. The summed E-state index contributed by atoms with van der Waals surface area (Å²) in [5, 5.41) is 1.06. The molecule has 22 heavy (non-hydrogen) atoms. The standard InChI is InChI=1S/C15H19IN3O3/c1-16-14-10-8-12(20-2)13(21-3)9-11(10)17-15(18-14)19-4-6-22-7-5-19/h8-9H,4-7H2,1-3H3/q-1. The normalized spacial score (nSPS) is 15.3. The van der Waals surface area contributed by atoms with Gasteiger partial charge in [-0.15, -0.1) is 0 Å². The van der Waals surface area contributed by atoms with E-state index in [1.54, 1.807) is 14.2 Å². The number of benzene rings is 1. The van der Waals surface area contributed by atoms with Gasteiger partial charge in [0.15, 0.2) is 0 Å². The Bertz CT molecular complexity index is 675. The molecule has 0 amide bonds. The van der Waals surface area contributed by atoms with Crippen LogP contribution < -0.4 is 35.6 Å². The Balaban J connectivity index is 2.12. The maximum absolute atomic E-state index is 5.41. The molecule has 2 aromatic rings. The number of alkyl halides is 1. The van der Waals surface area contributed by atoms with Gasteiger partial charge in [0.1, 0.15) is 0 Å². The number of hydrogen-bond acceptors (Lipinski definition) is 6. The molecule has 6 nitrogen and oxygen atoms in total. The van der Waals surface area contributed by atoms with E-state index in [4.69, 9.17) is 24.2 Å². The number of halogens is 1. The van der Waals surface area contributed by atoms with E-state index in [0.29, 0.717) is 5.75 Å². The number of aromatic nitrogens is 2. The summed E-state index contributed by atoms with van der Waals surface area (Å²) in [6.45, 7) is 3.12. The summed E-state index contributed by atoms with van der Waals surface area (Å²) >= 11 is -0.170. The quantitative estimate of drug-likeness (QED) is 0.339. The first-order valence-corrected chi connectivity index (χ1v) is 10.3. The predicted molar refractivity (Wildman–Crippen MR) is 80.3 cm³/mol. The molecule has 0 aliphatic carbocycles. The van der Waals surface area contributed by atoms with E-state index in [2.05, 4.69) is 9.83 Å². The molecule has 0 spiro atoms. The Morgan fingerprint density at radius 3 is 2.41 bits per heavy atom. The zero-order valence-corrected chi connectivity index (χ0v) is 15.1. The minimum absolute atomic E-state index is 0.170. The first-order valence-electron chi connectivity index (χ1n) is 7.02. The fourth-order valence-electron chi connectivity index (χ4n) is 2.46. The van der Waals surface area contributed by atoms with Gasteiger partial charge >= 0.3 is 140 Å². The maximum atomic E-state index is 5.41. The van der Waals surface area contributed by atoms with Crippen molar-refractivity contribution in [2.75, 3.05) is 50.4 Å². The van der Waals surface area contributed by atoms with Gasteiger partial charge in [0.25, 0.3) is 0 Å². The monoisotopic (exact) mass is 416 g/mol. The Morgan fingerprint density at radius 2 is 1.77 bits per heavy atom. The van der Waals surface area contributed by atoms with Gasteiger partial charge in [-0.2, -0.15) is 0 Å². The molecule has 2 heterocycles. The summed E-state index contributed by atoms with van der Waals surface area (Å²) in [5.74, 6) is 2.21. The molecule has 0 N–H and O–H groups in total. The number of nitrogens with zero attached hydrogens (tertiary/aromatic N) is 3. The Morgan fingerprint density at radius 1 is 1.09 bits per heavy atom. The second kappa shape index (κ2) is 6.82. The Kier molecular flexibility index (Phi) is 4.82. The van der Waals surface area contributed by atoms with Crippen LogP contribution in [0.2, 0.25) is 0 Å². The third-order valence-electron chi connectivity index (χ3n) is 3.62. The SMILES string of the molecule is COc1cc2nc(N3CCOCC3)nc([I-]C)c2cc1OC. The summed E-state index contributed by atoms with van der Waals surface area (Å²) in [7, 11) is 3.29. The summed E-state index contributed by atoms with van der Waals surface area (Å²) in [6.07, 6.45) is 0. The number of fused-ring (bicyclic) bond motifs is 1. The fraction of sp³-hybridized carbons (Fsp3) is 0.467. The first-order chi connectivity index (χ1) is 10.8. The van der Waals surface area contributed by atoms with Crippen LogP contribution in [0.4, 0.5) is 5.95 Å². The number of hydrogen-bond donors (Lipinski definition) is 0. The van der Waals surface area contributed by atoms with Crippen molar-refractivity contribution in [2.24, 2.45) is 0 Å². The number of morpholine rings is 1. The average molecular weight is 416 g/mol. The number of methoxy groups -OCH3 is 2. The Hall–Kier alpha value is -1.35. The number of rotatable bonds is 4. The second-order valence-electron chi connectivity index (χ2n) is 4.83. The zero-order valence-electron chi connectivity index (χ0n) is 12.9. The van der Waals surface area contributed by atoms with Gasteiger partial charge in [0, 0.05) is 0 Å². The van der Waals surface area contributed by atoms with Crippen molar-refractivity contribution >= 4 is 16.9 Å². The molecule has 0 unspecified atom stereocenters. The van der Waals surface area contributed by atoms with Crippen LogP contribution in [0, 0.1) is 3.70 Å². The topological polar surface area (TPSA) is 56.7 Å². The third-order valence-corrected chi connectivity index (χ3v) is 5.46. The number of anilines is 1. The minimum atomic E-state index is -0.170. The van der Waals surface area contributed by atoms with E-state index in [-0.39, 0.29) is 21.2 Å². The average Bonchev–Trinajstić information content (AvgIpc) is 2.60. The van der Waals surface area contributed by atoms with Crippen LogP contribution in [0.5, 0.6) is 11.5 Å². The van der Waals surface area contributed by atoms with Gasteiger partial charge in [-0.05, 0) is 0 Å². The van der Waals surface area contributed by atoms with Crippen molar-refractivity contribution in [1.82, 2.24) is 9.97 Å². The summed E-state index contributed by atoms with van der Waals surface area (Å²) in [6, 6.07) is 3.92. The molecule has 7 heteroatoms.